The van der Waals surface area contributed by atoms with Gasteiger partial charge in [-0.3, -0.25) is 9.59 Å². The van der Waals surface area contributed by atoms with E-state index >= 15 is 0 Å². The van der Waals surface area contributed by atoms with E-state index in [2.05, 4.69) is 4.98 Å². The number of rotatable bonds is 4. The Morgan fingerprint density at radius 3 is 2.46 bits per heavy atom. The summed E-state index contributed by atoms with van der Waals surface area (Å²) in [6, 6.07) is 13.8. The zero-order chi connectivity index (χ0) is 18.8. The maximum atomic E-state index is 12.6. The monoisotopic (exact) mass is 348 g/mol. The first-order valence-corrected chi connectivity index (χ1v) is 8.89. The average molecular weight is 348 g/mol. The van der Waals surface area contributed by atoms with Crippen LogP contribution >= 0.6 is 0 Å². The number of nitrogens with one attached hydrogen (secondary N) is 1. The normalized spacial score (nSPS) is 10.9. The fourth-order valence-electron chi connectivity index (χ4n) is 3.07. The van der Waals surface area contributed by atoms with Crippen molar-refractivity contribution in [3.63, 3.8) is 0 Å². The molecular formula is C22H24N2O2. The van der Waals surface area contributed by atoms with Crippen LogP contribution in [0.25, 0.3) is 10.9 Å². The lowest BCUT2D eigenvalue weighted by molar-refractivity contribution is -0.118. The predicted molar refractivity (Wildman–Crippen MR) is 107 cm³/mol. The molecule has 0 aliphatic carbocycles. The molecule has 0 saturated carbocycles. The van der Waals surface area contributed by atoms with Crippen LogP contribution in [0.4, 0.5) is 5.69 Å². The molecule has 0 saturated heterocycles. The summed E-state index contributed by atoms with van der Waals surface area (Å²) >= 11 is 0. The zero-order valence-electron chi connectivity index (χ0n) is 15.7. The van der Waals surface area contributed by atoms with E-state index in [-0.39, 0.29) is 18.0 Å². The lowest BCUT2D eigenvalue weighted by Crippen LogP contribution is -2.32. The van der Waals surface area contributed by atoms with Gasteiger partial charge in [0.15, 0.2) is 0 Å². The quantitative estimate of drug-likeness (QED) is 0.760. The van der Waals surface area contributed by atoms with Gasteiger partial charge in [-0.25, -0.2) is 0 Å². The summed E-state index contributed by atoms with van der Waals surface area (Å²) < 4.78 is 0. The van der Waals surface area contributed by atoms with Gasteiger partial charge in [-0.15, -0.1) is 0 Å². The number of amides is 1. The molecule has 0 spiro atoms. The first-order chi connectivity index (χ1) is 12.4. The third-order valence-corrected chi connectivity index (χ3v) is 4.81. The van der Waals surface area contributed by atoms with Gasteiger partial charge in [0.2, 0.25) is 5.91 Å². The summed E-state index contributed by atoms with van der Waals surface area (Å²) in [5.74, 6) is -0.00278. The SMILES string of the molecule is CCC(=O)N(Cc1cc2cc(C)ccc2[nH]c1=O)c1ccc(C)c(C)c1. The Balaban J connectivity index is 2.05. The summed E-state index contributed by atoms with van der Waals surface area (Å²) in [6.45, 7) is 8.19. The Bertz CT molecular complexity index is 1030. The van der Waals surface area contributed by atoms with Crippen LogP contribution in [0.5, 0.6) is 0 Å². The Labute approximate surface area is 153 Å². The van der Waals surface area contributed by atoms with Gasteiger partial charge in [-0.1, -0.05) is 24.6 Å². The number of hydrogen-bond donors (Lipinski definition) is 1. The molecule has 3 rings (SSSR count). The molecule has 1 heterocycles. The minimum atomic E-state index is -0.154. The molecule has 1 amide bonds. The van der Waals surface area contributed by atoms with Crippen LogP contribution in [-0.4, -0.2) is 10.9 Å². The van der Waals surface area contributed by atoms with Gasteiger partial charge in [0, 0.05) is 23.2 Å². The van der Waals surface area contributed by atoms with Crippen molar-refractivity contribution in [2.75, 3.05) is 4.90 Å². The average Bonchev–Trinajstić information content (AvgIpc) is 2.62. The predicted octanol–water partition coefficient (Wildman–Crippen LogP) is 4.40. The maximum Gasteiger partial charge on any atom is 0.253 e. The first-order valence-electron chi connectivity index (χ1n) is 8.89. The molecule has 1 N–H and O–H groups in total. The smallest absolute Gasteiger partial charge is 0.253 e. The fourth-order valence-corrected chi connectivity index (χ4v) is 3.07. The molecule has 0 bridgehead atoms. The van der Waals surface area contributed by atoms with E-state index in [1.165, 1.54) is 5.56 Å². The number of aromatic amines is 1. The van der Waals surface area contributed by atoms with Crippen LogP contribution in [0.1, 0.15) is 35.6 Å². The molecule has 0 unspecified atom stereocenters. The molecule has 1 aromatic heterocycles. The van der Waals surface area contributed by atoms with Crippen LogP contribution in [0, 0.1) is 20.8 Å². The summed E-state index contributed by atoms with van der Waals surface area (Å²) in [6.07, 6.45) is 0.386. The van der Waals surface area contributed by atoms with Crippen LogP contribution < -0.4 is 10.5 Å². The van der Waals surface area contributed by atoms with Gasteiger partial charge in [0.1, 0.15) is 0 Å². The topological polar surface area (TPSA) is 53.2 Å². The lowest BCUT2D eigenvalue weighted by Gasteiger charge is -2.23. The highest BCUT2D eigenvalue weighted by molar-refractivity contribution is 5.93. The number of carbonyl (C=O) groups excluding carboxylic acids is 1. The van der Waals surface area contributed by atoms with Gasteiger partial charge in [-0.05, 0) is 67.6 Å². The van der Waals surface area contributed by atoms with Crippen molar-refractivity contribution >= 4 is 22.5 Å². The van der Waals surface area contributed by atoms with Crippen molar-refractivity contribution in [2.45, 2.75) is 40.7 Å². The van der Waals surface area contributed by atoms with Gasteiger partial charge in [-0.2, -0.15) is 0 Å². The number of pyridine rings is 1. The Morgan fingerprint density at radius 1 is 1.00 bits per heavy atom. The van der Waals surface area contributed by atoms with Crippen LogP contribution in [-0.2, 0) is 11.3 Å². The molecule has 4 nitrogen and oxygen atoms in total. The summed E-state index contributed by atoms with van der Waals surface area (Å²) in [5, 5.41) is 0.976. The first kappa shape index (κ1) is 17.9. The van der Waals surface area contributed by atoms with Crippen LogP contribution in [0.2, 0.25) is 0 Å². The standard InChI is InChI=1S/C22H24N2O2/c1-5-21(25)24(19-8-7-15(3)16(4)11-19)13-18-12-17-10-14(2)6-9-20(17)23-22(18)26/h6-12H,5,13H2,1-4H3,(H,23,26). The molecule has 134 valence electrons. The third-order valence-electron chi connectivity index (χ3n) is 4.81. The van der Waals surface area contributed by atoms with Crippen molar-refractivity contribution < 1.29 is 4.79 Å². The molecule has 0 fully saturated rings. The van der Waals surface area contributed by atoms with Crippen LogP contribution in [0.15, 0.2) is 47.3 Å². The van der Waals surface area contributed by atoms with Gasteiger partial charge in [0.25, 0.3) is 5.56 Å². The highest BCUT2D eigenvalue weighted by atomic mass is 16.2. The Kier molecular flexibility index (Phi) is 4.94. The second-order valence-corrected chi connectivity index (χ2v) is 6.82. The van der Waals surface area contributed by atoms with E-state index in [1.807, 2.05) is 70.2 Å². The zero-order valence-corrected chi connectivity index (χ0v) is 15.7. The minimum absolute atomic E-state index is 0.00278. The second-order valence-electron chi connectivity index (χ2n) is 6.82. The number of aromatic nitrogens is 1. The molecule has 0 radical (unpaired) electrons. The molecule has 3 aromatic rings. The number of aryl methyl sites for hydroxylation is 3. The number of fused-ring (bicyclic) bond motifs is 1. The van der Waals surface area contributed by atoms with Crippen molar-refractivity contribution in [1.82, 2.24) is 4.98 Å². The van der Waals surface area contributed by atoms with Crippen molar-refractivity contribution in [1.29, 1.82) is 0 Å². The highest BCUT2D eigenvalue weighted by Gasteiger charge is 2.17. The number of carbonyl (C=O) groups is 1. The Morgan fingerprint density at radius 2 is 1.77 bits per heavy atom. The molecule has 0 atom stereocenters. The van der Waals surface area contributed by atoms with E-state index in [0.29, 0.717) is 12.0 Å². The third kappa shape index (κ3) is 3.54. The number of nitrogens with zero attached hydrogens (tertiary/aromatic N) is 1. The van der Waals surface area contributed by atoms with Crippen molar-refractivity contribution in [2.24, 2.45) is 0 Å². The van der Waals surface area contributed by atoms with E-state index in [0.717, 1.165) is 27.7 Å². The van der Waals surface area contributed by atoms with E-state index in [4.69, 9.17) is 0 Å². The summed E-state index contributed by atoms with van der Waals surface area (Å²) in [7, 11) is 0. The van der Waals surface area contributed by atoms with E-state index in [9.17, 15) is 9.59 Å². The maximum absolute atomic E-state index is 12.6. The summed E-state index contributed by atoms with van der Waals surface area (Å²) in [4.78, 5) is 29.7. The van der Waals surface area contributed by atoms with Crippen molar-refractivity contribution in [3.05, 3.63) is 75.1 Å². The van der Waals surface area contributed by atoms with Crippen LogP contribution in [0.3, 0.4) is 0 Å². The largest absolute Gasteiger partial charge is 0.322 e. The number of hydrogen-bond acceptors (Lipinski definition) is 2. The van der Waals surface area contributed by atoms with Gasteiger partial charge in [0.05, 0.1) is 6.54 Å². The Hall–Kier alpha value is -2.88. The summed E-state index contributed by atoms with van der Waals surface area (Å²) in [5.41, 5.74) is 5.50. The second kappa shape index (κ2) is 7.16. The molecular weight excluding hydrogens is 324 g/mol. The number of benzene rings is 2. The number of anilines is 1. The molecule has 4 heteroatoms. The van der Waals surface area contributed by atoms with Gasteiger partial charge < -0.3 is 9.88 Å². The van der Waals surface area contributed by atoms with Gasteiger partial charge >= 0.3 is 0 Å². The number of H-pyrrole nitrogens is 1. The molecule has 0 aliphatic rings. The highest BCUT2D eigenvalue weighted by Crippen LogP contribution is 2.22. The minimum Gasteiger partial charge on any atom is -0.322 e. The molecule has 2 aromatic carbocycles. The fraction of sp³-hybridized carbons (Fsp3) is 0.273. The molecule has 0 aliphatic heterocycles. The van der Waals surface area contributed by atoms with E-state index < -0.39 is 0 Å². The molecule has 26 heavy (non-hydrogen) atoms. The van der Waals surface area contributed by atoms with E-state index in [1.54, 1.807) is 4.90 Å². The van der Waals surface area contributed by atoms with Crippen molar-refractivity contribution in [3.8, 4) is 0 Å². The lowest BCUT2D eigenvalue weighted by atomic mass is 10.1.